The number of hydrogen-bond donors (Lipinski definition) is 0. The Morgan fingerprint density at radius 2 is 1.04 bits per heavy atom. The first kappa shape index (κ1) is 43.9. The van der Waals surface area contributed by atoms with Gasteiger partial charge in [-0.3, -0.25) is 0 Å². The van der Waals surface area contributed by atoms with Gasteiger partial charge in [0, 0.05) is 0 Å². The monoisotopic (exact) mass is 670 g/mol. The molecule has 0 aromatic heterocycles. The van der Waals surface area contributed by atoms with Gasteiger partial charge in [0.15, 0.2) is 0 Å². The van der Waals surface area contributed by atoms with Crippen LogP contribution in [0.2, 0.25) is 0 Å². The highest BCUT2D eigenvalue weighted by Crippen LogP contribution is 2.48. The maximum Gasteiger partial charge on any atom is -0.00248 e. The van der Waals surface area contributed by atoms with E-state index in [-0.39, 0.29) is 0 Å². The molecule has 2 saturated carbocycles. The summed E-state index contributed by atoms with van der Waals surface area (Å²) in [6.45, 7) is 13.3. The van der Waals surface area contributed by atoms with Crippen molar-refractivity contribution in [3.05, 3.63) is 11.6 Å². The van der Waals surface area contributed by atoms with Gasteiger partial charge >= 0.3 is 0 Å². The molecule has 0 radical (unpaired) electrons. The molecule has 0 spiro atoms. The van der Waals surface area contributed by atoms with Crippen molar-refractivity contribution in [3.8, 4) is 0 Å². The Hall–Kier alpha value is -0.300. The molecule has 1 heteroatoms. The van der Waals surface area contributed by atoms with Gasteiger partial charge in [0.1, 0.15) is 0 Å². The first-order valence-electron chi connectivity index (χ1n) is 22.7. The zero-order chi connectivity index (χ0) is 34.8. The maximum atomic E-state index is 2.67. The highest BCUT2D eigenvalue weighted by Gasteiger charge is 2.37. The van der Waals surface area contributed by atoms with E-state index in [0.717, 1.165) is 41.4 Å². The van der Waals surface area contributed by atoms with E-state index in [1.54, 1.807) is 19.3 Å². The molecule has 0 amide bonds. The van der Waals surface area contributed by atoms with E-state index in [9.17, 15) is 0 Å². The average molecular weight is 670 g/mol. The van der Waals surface area contributed by atoms with Crippen molar-refractivity contribution in [2.45, 2.75) is 227 Å². The summed E-state index contributed by atoms with van der Waals surface area (Å²) < 4.78 is 0. The number of allylic oxidation sites excluding steroid dienone is 2. The summed E-state index contributed by atoms with van der Waals surface area (Å²) in [5, 5.41) is 0. The third kappa shape index (κ3) is 21.8. The van der Waals surface area contributed by atoms with Crippen molar-refractivity contribution in [1.29, 1.82) is 0 Å². The van der Waals surface area contributed by atoms with Crippen LogP contribution in [0.4, 0.5) is 0 Å². The third-order valence-corrected chi connectivity index (χ3v) is 12.9. The predicted molar refractivity (Wildman–Crippen MR) is 218 cm³/mol. The Labute approximate surface area is 305 Å². The Balaban J connectivity index is 2.02. The quantitative estimate of drug-likeness (QED) is 0.0479. The molecule has 1 nitrogen and oxygen atoms in total. The molecular formula is C47H91N. The molecule has 2 aliphatic carbocycles. The number of unbranched alkanes of at least 4 members (excludes halogenated alkanes) is 9. The largest absolute Gasteiger partial charge is 0.309 e. The summed E-state index contributed by atoms with van der Waals surface area (Å²) >= 11 is 0. The second kappa shape index (κ2) is 28.3. The fourth-order valence-electron chi connectivity index (χ4n) is 9.41. The lowest BCUT2D eigenvalue weighted by Crippen LogP contribution is -2.17. The molecule has 0 aromatic rings. The lowest BCUT2D eigenvalue weighted by Gasteiger charge is -2.30. The van der Waals surface area contributed by atoms with Crippen molar-refractivity contribution in [2.24, 2.45) is 41.4 Å². The van der Waals surface area contributed by atoms with Gasteiger partial charge in [-0.1, -0.05) is 188 Å². The third-order valence-electron chi connectivity index (χ3n) is 12.9. The molecule has 7 unspecified atom stereocenters. The average Bonchev–Trinajstić information content (AvgIpc) is 3.99. The molecule has 2 rings (SSSR count). The molecule has 48 heavy (non-hydrogen) atoms. The van der Waals surface area contributed by atoms with Crippen LogP contribution in [-0.2, 0) is 0 Å². The van der Waals surface area contributed by atoms with E-state index >= 15 is 0 Å². The number of hydrogen-bond acceptors (Lipinski definition) is 1. The molecule has 0 aromatic carbocycles. The Bertz CT molecular complexity index is 744. The fourth-order valence-corrected chi connectivity index (χ4v) is 9.41. The minimum Gasteiger partial charge on any atom is -0.309 e. The van der Waals surface area contributed by atoms with E-state index < -0.39 is 0 Å². The standard InChI is InChI=1S/C47H91N/c1-8-12-15-19-26-40(5)27-22-31-42(32-23-34-46-38-44(46)29-17-13-9-2)43(33-24-35-47-39-45(47)30-18-14-10-3)37-41(25-11-4)28-20-16-21-36-48(6)7/h25,40,42-47H,8-24,26-39H2,1-7H3/b41-25+. The summed E-state index contributed by atoms with van der Waals surface area (Å²) in [6, 6.07) is 0. The molecular weight excluding hydrogens is 579 g/mol. The number of nitrogens with zero attached hydrogens (tertiary/aromatic N) is 1. The van der Waals surface area contributed by atoms with Crippen molar-refractivity contribution in [1.82, 2.24) is 4.90 Å². The summed E-state index contributed by atoms with van der Waals surface area (Å²) in [4.78, 5) is 2.36. The molecule has 2 aliphatic rings. The molecule has 0 heterocycles. The van der Waals surface area contributed by atoms with E-state index in [4.69, 9.17) is 0 Å². The van der Waals surface area contributed by atoms with Crippen LogP contribution in [0.1, 0.15) is 227 Å². The van der Waals surface area contributed by atoms with E-state index in [1.165, 1.54) is 180 Å². The maximum absolute atomic E-state index is 2.67. The van der Waals surface area contributed by atoms with Crippen LogP contribution in [-0.4, -0.2) is 25.5 Å². The SMILES string of the molecule is CC/C=C(\CCCCCN(C)C)CC(CCCC1CC1CCCCC)C(CCCC(C)CCCCCC)CCCC1CC1CCCCC. The summed E-state index contributed by atoms with van der Waals surface area (Å²) in [5.41, 5.74) is 1.84. The lowest BCUT2D eigenvalue weighted by atomic mass is 9.76. The van der Waals surface area contributed by atoms with Crippen molar-refractivity contribution in [2.75, 3.05) is 20.6 Å². The topological polar surface area (TPSA) is 3.24 Å². The van der Waals surface area contributed by atoms with Crippen LogP contribution in [0, 0.1) is 41.4 Å². The van der Waals surface area contributed by atoms with Crippen LogP contribution < -0.4 is 0 Å². The minimum absolute atomic E-state index is 0.925. The van der Waals surface area contributed by atoms with Gasteiger partial charge in [0.05, 0.1) is 0 Å². The molecule has 0 N–H and O–H groups in total. The van der Waals surface area contributed by atoms with Crippen LogP contribution >= 0.6 is 0 Å². The molecule has 0 saturated heterocycles. The fraction of sp³-hybridized carbons (Fsp3) is 0.957. The molecule has 7 atom stereocenters. The van der Waals surface area contributed by atoms with Crippen molar-refractivity contribution in [3.63, 3.8) is 0 Å². The van der Waals surface area contributed by atoms with Gasteiger partial charge in [-0.25, -0.2) is 0 Å². The van der Waals surface area contributed by atoms with Gasteiger partial charge in [0.2, 0.25) is 0 Å². The van der Waals surface area contributed by atoms with E-state index in [1.807, 2.05) is 5.57 Å². The Morgan fingerprint density at radius 3 is 1.60 bits per heavy atom. The highest BCUT2D eigenvalue weighted by molar-refractivity contribution is 5.04. The first-order chi connectivity index (χ1) is 23.4. The zero-order valence-corrected chi connectivity index (χ0v) is 34.5. The van der Waals surface area contributed by atoms with Gasteiger partial charge < -0.3 is 4.90 Å². The smallest absolute Gasteiger partial charge is 0.00248 e. The summed E-state index contributed by atoms with van der Waals surface area (Å²) in [7, 11) is 4.45. The summed E-state index contributed by atoms with van der Waals surface area (Å²) in [5.74, 6) is 7.16. The van der Waals surface area contributed by atoms with Gasteiger partial charge in [-0.15, -0.1) is 0 Å². The van der Waals surface area contributed by atoms with Crippen molar-refractivity contribution < 1.29 is 0 Å². The van der Waals surface area contributed by atoms with Crippen LogP contribution in [0.25, 0.3) is 0 Å². The Kier molecular flexibility index (Phi) is 25.9. The van der Waals surface area contributed by atoms with Gasteiger partial charge in [-0.2, -0.15) is 0 Å². The highest BCUT2D eigenvalue weighted by atomic mass is 15.0. The van der Waals surface area contributed by atoms with Crippen LogP contribution in [0.3, 0.4) is 0 Å². The van der Waals surface area contributed by atoms with Gasteiger partial charge in [0.25, 0.3) is 0 Å². The Morgan fingerprint density at radius 1 is 0.542 bits per heavy atom. The van der Waals surface area contributed by atoms with Gasteiger partial charge in [-0.05, 0) is 113 Å². The number of rotatable bonds is 35. The predicted octanol–water partition coefficient (Wildman–Crippen LogP) is 15.6. The zero-order valence-electron chi connectivity index (χ0n) is 34.5. The minimum atomic E-state index is 0.925. The second-order valence-corrected chi connectivity index (χ2v) is 17.9. The summed E-state index contributed by atoms with van der Waals surface area (Å²) in [6.07, 6.45) is 46.4. The second-order valence-electron chi connectivity index (χ2n) is 17.9. The molecule has 0 bridgehead atoms. The van der Waals surface area contributed by atoms with Crippen LogP contribution in [0.5, 0.6) is 0 Å². The molecule has 0 aliphatic heterocycles. The lowest BCUT2D eigenvalue weighted by molar-refractivity contribution is 0.245. The van der Waals surface area contributed by atoms with E-state index in [0.29, 0.717) is 0 Å². The molecule has 2 fully saturated rings. The molecule has 284 valence electrons. The van der Waals surface area contributed by atoms with Crippen LogP contribution in [0.15, 0.2) is 11.6 Å². The van der Waals surface area contributed by atoms with E-state index in [2.05, 4.69) is 59.7 Å². The first-order valence-corrected chi connectivity index (χ1v) is 22.7. The van der Waals surface area contributed by atoms with Crippen molar-refractivity contribution >= 4 is 0 Å². The normalized spacial score (nSPS) is 22.7.